The van der Waals surface area contributed by atoms with E-state index in [9.17, 15) is 14.7 Å². The molecule has 2 N–H and O–H groups in total. The van der Waals surface area contributed by atoms with Gasteiger partial charge in [-0.3, -0.25) is 4.79 Å². The number of carboxylic acids is 1. The van der Waals surface area contributed by atoms with Gasteiger partial charge in [-0.05, 0) is 27.7 Å². The average molecular weight is 246 g/mol. The summed E-state index contributed by atoms with van der Waals surface area (Å²) in [5.74, 6) is -1.05. The fourth-order valence-corrected chi connectivity index (χ4v) is 1.17. The quantitative estimate of drug-likeness (QED) is 0.744. The first-order chi connectivity index (χ1) is 7.63. The molecule has 0 aromatic carbocycles. The van der Waals surface area contributed by atoms with Crippen molar-refractivity contribution in [2.45, 2.75) is 39.3 Å². The Morgan fingerprint density at radius 3 is 2.06 bits per heavy atom. The molecule has 0 aliphatic carbocycles. The van der Waals surface area contributed by atoms with Crippen molar-refractivity contribution in [2.75, 3.05) is 20.2 Å². The number of nitrogens with zero attached hydrogens (tertiary/aromatic N) is 2. The number of carbonyl (C=O) groups excluding carboxylic acids is 1. The Morgan fingerprint density at radius 1 is 1.29 bits per heavy atom. The van der Waals surface area contributed by atoms with Gasteiger partial charge in [0.1, 0.15) is 6.54 Å². The van der Waals surface area contributed by atoms with Gasteiger partial charge in [0.25, 0.3) is 0 Å². The second kappa shape index (κ2) is 5.86. The Labute approximate surface area is 102 Å². The first kappa shape index (κ1) is 15.7. The number of aliphatic hydroxyl groups is 1. The summed E-state index contributed by atoms with van der Waals surface area (Å²) >= 11 is 0. The summed E-state index contributed by atoms with van der Waals surface area (Å²) in [5, 5.41) is 17.9. The lowest BCUT2D eigenvalue weighted by Gasteiger charge is -2.38. The van der Waals surface area contributed by atoms with Crippen molar-refractivity contribution in [1.82, 2.24) is 9.80 Å². The van der Waals surface area contributed by atoms with E-state index in [4.69, 9.17) is 5.11 Å². The molecule has 0 saturated heterocycles. The van der Waals surface area contributed by atoms with Crippen LogP contribution < -0.4 is 0 Å². The van der Waals surface area contributed by atoms with E-state index in [-0.39, 0.29) is 19.2 Å². The van der Waals surface area contributed by atoms with Crippen LogP contribution in [0, 0.1) is 0 Å². The first-order valence-electron chi connectivity index (χ1n) is 5.50. The van der Waals surface area contributed by atoms with Crippen molar-refractivity contribution in [3.63, 3.8) is 0 Å². The minimum Gasteiger partial charge on any atom is -0.480 e. The van der Waals surface area contributed by atoms with Gasteiger partial charge in [0.2, 0.25) is 0 Å². The molecule has 100 valence electrons. The Bertz CT molecular complexity index is 289. The van der Waals surface area contributed by atoms with Crippen LogP contribution in [-0.4, -0.2) is 63.8 Å². The van der Waals surface area contributed by atoms with Gasteiger partial charge in [-0.25, -0.2) is 4.79 Å². The average Bonchev–Trinajstić information content (AvgIpc) is 2.23. The van der Waals surface area contributed by atoms with E-state index in [2.05, 4.69) is 0 Å². The maximum absolute atomic E-state index is 12.1. The molecule has 2 amide bonds. The Balaban J connectivity index is 4.90. The normalized spacial score (nSPS) is 11.5. The minimum atomic E-state index is -1.05. The van der Waals surface area contributed by atoms with Gasteiger partial charge < -0.3 is 20.0 Å². The van der Waals surface area contributed by atoms with Crippen LogP contribution in [0.5, 0.6) is 0 Å². The van der Waals surface area contributed by atoms with Crippen LogP contribution >= 0.6 is 0 Å². The number of hydrogen-bond donors (Lipinski definition) is 2. The highest BCUT2D eigenvalue weighted by molar-refractivity contribution is 5.80. The number of likely N-dealkylation sites (N-methyl/N-ethyl adjacent to an activating group) is 1. The molecule has 0 unspecified atom stereocenters. The van der Waals surface area contributed by atoms with E-state index in [1.165, 1.54) is 9.80 Å². The van der Waals surface area contributed by atoms with Crippen LogP contribution in [0.15, 0.2) is 0 Å². The zero-order valence-corrected chi connectivity index (χ0v) is 11.1. The Kier molecular flexibility index (Phi) is 5.41. The van der Waals surface area contributed by atoms with Crippen LogP contribution in [0.4, 0.5) is 4.79 Å². The molecular weight excluding hydrogens is 224 g/mol. The Morgan fingerprint density at radius 2 is 1.76 bits per heavy atom. The first-order valence-corrected chi connectivity index (χ1v) is 5.50. The SMILES string of the molecule is CC(C)N(CC(=O)O)C(=O)N(C)C(C)(C)CO. The highest BCUT2D eigenvalue weighted by atomic mass is 16.4. The molecule has 0 bridgehead atoms. The summed E-state index contributed by atoms with van der Waals surface area (Å²) < 4.78 is 0. The molecule has 0 fully saturated rings. The van der Waals surface area contributed by atoms with Crippen LogP contribution in [0.3, 0.4) is 0 Å². The summed E-state index contributed by atoms with van der Waals surface area (Å²) in [4.78, 5) is 25.4. The lowest BCUT2D eigenvalue weighted by molar-refractivity contribution is -0.138. The maximum atomic E-state index is 12.1. The lowest BCUT2D eigenvalue weighted by atomic mass is 10.1. The van der Waals surface area contributed by atoms with E-state index in [0.717, 1.165) is 0 Å². The minimum absolute atomic E-state index is 0.186. The molecule has 0 aromatic heterocycles. The summed E-state index contributed by atoms with van der Waals surface area (Å²) in [6.45, 7) is 6.40. The molecule has 0 aliphatic rings. The summed E-state index contributed by atoms with van der Waals surface area (Å²) in [6, 6.07) is -0.614. The zero-order chi connectivity index (χ0) is 13.8. The van der Waals surface area contributed by atoms with Gasteiger partial charge in [0.15, 0.2) is 0 Å². The van der Waals surface area contributed by atoms with E-state index < -0.39 is 17.5 Å². The van der Waals surface area contributed by atoms with E-state index >= 15 is 0 Å². The summed E-state index contributed by atoms with van der Waals surface area (Å²) in [5.41, 5.74) is -0.720. The number of rotatable bonds is 5. The molecule has 0 rings (SSSR count). The Hall–Kier alpha value is -1.30. The number of amides is 2. The summed E-state index contributed by atoms with van der Waals surface area (Å²) in [7, 11) is 1.55. The monoisotopic (exact) mass is 246 g/mol. The molecule has 17 heavy (non-hydrogen) atoms. The van der Waals surface area contributed by atoms with Crippen molar-refractivity contribution in [3.8, 4) is 0 Å². The fraction of sp³-hybridized carbons (Fsp3) is 0.818. The molecule has 0 aromatic rings. The van der Waals surface area contributed by atoms with E-state index in [0.29, 0.717) is 0 Å². The third-order valence-corrected chi connectivity index (χ3v) is 2.76. The third-order valence-electron chi connectivity index (χ3n) is 2.76. The predicted octanol–water partition coefficient (Wildman–Crippen LogP) is 0.604. The molecule has 0 radical (unpaired) electrons. The standard InChI is InChI=1S/C11H22N2O4/c1-8(2)13(6-9(15)16)10(17)12(5)11(3,4)7-14/h8,14H,6-7H2,1-5H3,(H,15,16). The molecule has 0 atom stereocenters. The van der Waals surface area contributed by atoms with Crippen molar-refractivity contribution < 1.29 is 19.8 Å². The lowest BCUT2D eigenvalue weighted by Crippen LogP contribution is -2.55. The highest BCUT2D eigenvalue weighted by Crippen LogP contribution is 2.15. The summed E-state index contributed by atoms with van der Waals surface area (Å²) in [6.07, 6.45) is 0. The van der Waals surface area contributed by atoms with Gasteiger partial charge in [-0.1, -0.05) is 0 Å². The van der Waals surface area contributed by atoms with E-state index in [1.54, 1.807) is 34.7 Å². The molecule has 0 heterocycles. The van der Waals surface area contributed by atoms with Crippen LogP contribution in [0.1, 0.15) is 27.7 Å². The van der Waals surface area contributed by atoms with Crippen LogP contribution in [-0.2, 0) is 4.79 Å². The molecule has 0 saturated carbocycles. The third kappa shape index (κ3) is 4.22. The smallest absolute Gasteiger partial charge is 0.323 e. The van der Waals surface area contributed by atoms with Crippen molar-refractivity contribution in [2.24, 2.45) is 0 Å². The molecule has 6 heteroatoms. The van der Waals surface area contributed by atoms with Gasteiger partial charge >= 0.3 is 12.0 Å². The number of urea groups is 1. The van der Waals surface area contributed by atoms with Crippen molar-refractivity contribution >= 4 is 12.0 Å². The predicted molar refractivity (Wildman–Crippen MR) is 63.8 cm³/mol. The van der Waals surface area contributed by atoms with Crippen LogP contribution in [0.2, 0.25) is 0 Å². The second-order valence-corrected chi connectivity index (χ2v) is 4.93. The number of carbonyl (C=O) groups is 2. The number of aliphatic carboxylic acids is 1. The largest absolute Gasteiger partial charge is 0.480 e. The number of hydrogen-bond acceptors (Lipinski definition) is 3. The molecular formula is C11H22N2O4. The van der Waals surface area contributed by atoms with Crippen LogP contribution in [0.25, 0.3) is 0 Å². The molecule has 6 nitrogen and oxygen atoms in total. The van der Waals surface area contributed by atoms with Gasteiger partial charge in [0, 0.05) is 13.1 Å². The maximum Gasteiger partial charge on any atom is 0.323 e. The zero-order valence-electron chi connectivity index (χ0n) is 11.1. The fourth-order valence-electron chi connectivity index (χ4n) is 1.17. The van der Waals surface area contributed by atoms with Gasteiger partial charge in [0.05, 0.1) is 12.1 Å². The van der Waals surface area contributed by atoms with Gasteiger partial charge in [-0.15, -0.1) is 0 Å². The molecule has 0 spiro atoms. The van der Waals surface area contributed by atoms with Crippen molar-refractivity contribution in [3.05, 3.63) is 0 Å². The van der Waals surface area contributed by atoms with Crippen molar-refractivity contribution in [1.29, 1.82) is 0 Å². The van der Waals surface area contributed by atoms with Gasteiger partial charge in [-0.2, -0.15) is 0 Å². The second-order valence-electron chi connectivity index (χ2n) is 4.93. The topological polar surface area (TPSA) is 81.1 Å². The number of aliphatic hydroxyl groups excluding tert-OH is 1. The highest BCUT2D eigenvalue weighted by Gasteiger charge is 2.31. The number of carboxylic acid groups (broad SMARTS) is 1. The molecule has 0 aliphatic heterocycles. The van der Waals surface area contributed by atoms with E-state index in [1.807, 2.05) is 0 Å².